The van der Waals surface area contributed by atoms with Gasteiger partial charge in [0.2, 0.25) is 0 Å². The fourth-order valence-corrected chi connectivity index (χ4v) is 2.66. The van der Waals surface area contributed by atoms with Crippen LogP contribution in [0.15, 0.2) is 42.0 Å². The summed E-state index contributed by atoms with van der Waals surface area (Å²) in [5.74, 6) is -1.11. The topological polar surface area (TPSA) is 29.5 Å². The summed E-state index contributed by atoms with van der Waals surface area (Å²) in [6.07, 6.45) is -1.62. The molecule has 0 aliphatic rings. The lowest BCUT2D eigenvalue weighted by Crippen LogP contribution is -2.57. The molecular weight excluding hydrogens is 331 g/mol. The molecule has 0 bridgehead atoms. The summed E-state index contributed by atoms with van der Waals surface area (Å²) >= 11 is 0. The van der Waals surface area contributed by atoms with Crippen molar-refractivity contribution in [2.75, 3.05) is 14.2 Å². The van der Waals surface area contributed by atoms with Crippen molar-refractivity contribution in [3.05, 3.63) is 47.5 Å². The molecule has 1 amide bonds. The predicted molar refractivity (Wildman–Crippen MR) is 92.1 cm³/mol. The molecule has 0 saturated heterocycles. The van der Waals surface area contributed by atoms with Crippen LogP contribution in [0.25, 0.3) is 0 Å². The highest BCUT2D eigenvalue weighted by Crippen LogP contribution is 2.43. The SMILES string of the molecule is CO[C@@](C(=O)N(C)[C@@H](C)CCC=C(C)C)(c1ccccc1)C(F)(F)F. The van der Waals surface area contributed by atoms with Crippen molar-refractivity contribution in [2.45, 2.75) is 51.4 Å². The summed E-state index contributed by atoms with van der Waals surface area (Å²) in [5.41, 5.74) is -2.10. The van der Waals surface area contributed by atoms with Gasteiger partial charge in [-0.25, -0.2) is 0 Å². The zero-order chi connectivity index (χ0) is 19.3. The summed E-state index contributed by atoms with van der Waals surface area (Å²) in [6.45, 7) is 5.64. The smallest absolute Gasteiger partial charge is 0.356 e. The van der Waals surface area contributed by atoms with Crippen LogP contribution in [0.1, 0.15) is 39.2 Å². The van der Waals surface area contributed by atoms with E-state index >= 15 is 0 Å². The van der Waals surface area contributed by atoms with Gasteiger partial charge in [0.1, 0.15) is 0 Å². The lowest BCUT2D eigenvalue weighted by molar-refractivity contribution is -0.270. The third-order valence-electron chi connectivity index (χ3n) is 4.31. The first kappa shape index (κ1) is 21.2. The molecule has 0 aromatic heterocycles. The Bertz CT molecular complexity index is 594. The number of carbonyl (C=O) groups excluding carboxylic acids is 1. The molecule has 0 spiro atoms. The van der Waals surface area contributed by atoms with Crippen molar-refractivity contribution < 1.29 is 22.7 Å². The third kappa shape index (κ3) is 4.63. The van der Waals surface area contributed by atoms with E-state index in [0.29, 0.717) is 12.8 Å². The molecule has 25 heavy (non-hydrogen) atoms. The fraction of sp³-hybridized carbons (Fsp3) is 0.526. The summed E-state index contributed by atoms with van der Waals surface area (Å²) in [6, 6.07) is 6.67. The normalized spacial score (nSPS) is 15.2. The minimum atomic E-state index is -4.88. The van der Waals surface area contributed by atoms with Gasteiger partial charge in [-0.15, -0.1) is 0 Å². The van der Waals surface area contributed by atoms with E-state index in [1.165, 1.54) is 31.3 Å². The number of benzene rings is 1. The molecule has 0 aliphatic heterocycles. The maximum Gasteiger partial charge on any atom is 0.430 e. The van der Waals surface area contributed by atoms with E-state index in [0.717, 1.165) is 17.6 Å². The first-order valence-electron chi connectivity index (χ1n) is 8.16. The second-order valence-corrected chi connectivity index (χ2v) is 6.37. The van der Waals surface area contributed by atoms with E-state index in [4.69, 9.17) is 4.74 Å². The molecule has 0 saturated carbocycles. The van der Waals surface area contributed by atoms with Crippen molar-refractivity contribution in [3.8, 4) is 0 Å². The van der Waals surface area contributed by atoms with Gasteiger partial charge in [0.15, 0.2) is 0 Å². The highest BCUT2D eigenvalue weighted by molar-refractivity contribution is 5.87. The largest absolute Gasteiger partial charge is 0.430 e. The van der Waals surface area contributed by atoms with Gasteiger partial charge in [0.05, 0.1) is 0 Å². The lowest BCUT2D eigenvalue weighted by atomic mass is 9.90. The third-order valence-corrected chi connectivity index (χ3v) is 4.31. The van der Waals surface area contributed by atoms with Crippen LogP contribution in [0.4, 0.5) is 13.2 Å². The number of carbonyl (C=O) groups is 1. The molecule has 1 rings (SSSR count). The van der Waals surface area contributed by atoms with Crippen LogP contribution in [-0.4, -0.2) is 37.2 Å². The molecule has 1 aromatic rings. The summed E-state index contributed by atoms with van der Waals surface area (Å²) in [7, 11) is 2.30. The minimum absolute atomic E-state index is 0.224. The van der Waals surface area contributed by atoms with E-state index in [1.54, 1.807) is 13.0 Å². The Balaban J connectivity index is 3.19. The molecule has 0 unspecified atom stereocenters. The van der Waals surface area contributed by atoms with Crippen LogP contribution >= 0.6 is 0 Å². The lowest BCUT2D eigenvalue weighted by Gasteiger charge is -2.38. The molecule has 0 heterocycles. The number of methoxy groups -OCH3 is 1. The van der Waals surface area contributed by atoms with Gasteiger partial charge < -0.3 is 9.64 Å². The number of ether oxygens (including phenoxy) is 1. The number of amides is 1. The molecule has 1 aromatic carbocycles. The monoisotopic (exact) mass is 357 g/mol. The quantitative estimate of drug-likeness (QED) is 0.663. The van der Waals surface area contributed by atoms with Gasteiger partial charge >= 0.3 is 6.18 Å². The van der Waals surface area contributed by atoms with Crippen LogP contribution < -0.4 is 0 Å². The molecule has 0 aliphatic carbocycles. The molecule has 0 fully saturated rings. The average molecular weight is 357 g/mol. The highest BCUT2D eigenvalue weighted by Gasteiger charge is 2.63. The van der Waals surface area contributed by atoms with Crippen molar-refractivity contribution in [1.29, 1.82) is 0 Å². The molecule has 2 atom stereocenters. The van der Waals surface area contributed by atoms with E-state index < -0.39 is 17.7 Å². The molecule has 0 N–H and O–H groups in total. The first-order valence-corrected chi connectivity index (χ1v) is 8.16. The van der Waals surface area contributed by atoms with Crippen LogP contribution in [0, 0.1) is 0 Å². The Morgan fingerprint density at radius 3 is 2.24 bits per heavy atom. The van der Waals surface area contributed by atoms with Gasteiger partial charge in [-0.05, 0) is 33.6 Å². The Hall–Kier alpha value is -1.82. The summed E-state index contributed by atoms with van der Waals surface area (Å²) in [4.78, 5) is 14.0. The van der Waals surface area contributed by atoms with Gasteiger partial charge in [-0.2, -0.15) is 13.2 Å². The average Bonchev–Trinajstić information content (AvgIpc) is 2.54. The zero-order valence-corrected chi connectivity index (χ0v) is 15.4. The maximum atomic E-state index is 13.9. The van der Waals surface area contributed by atoms with Crippen LogP contribution in [0.5, 0.6) is 0 Å². The maximum absolute atomic E-state index is 13.9. The number of likely N-dealkylation sites (N-methyl/N-ethyl adjacent to an activating group) is 1. The molecule has 3 nitrogen and oxygen atoms in total. The standard InChI is InChI=1S/C19H26F3NO2/c1-14(2)10-9-11-15(3)23(4)17(24)18(25-5,19(20,21)22)16-12-7-6-8-13-16/h6-8,10,12-13,15H,9,11H2,1-5H3/t15-,18+/m0/s1. The van der Waals surface area contributed by atoms with Gasteiger partial charge in [-0.1, -0.05) is 42.0 Å². The van der Waals surface area contributed by atoms with Gasteiger partial charge in [-0.3, -0.25) is 4.79 Å². The Labute approximate surface area is 147 Å². The van der Waals surface area contributed by atoms with Crippen molar-refractivity contribution in [1.82, 2.24) is 4.90 Å². The highest BCUT2D eigenvalue weighted by atomic mass is 19.4. The fourth-order valence-electron chi connectivity index (χ4n) is 2.66. The van der Waals surface area contributed by atoms with Crippen LogP contribution in [-0.2, 0) is 15.1 Å². The van der Waals surface area contributed by atoms with Crippen molar-refractivity contribution >= 4 is 5.91 Å². The zero-order valence-electron chi connectivity index (χ0n) is 15.4. The summed E-state index contributed by atoms with van der Waals surface area (Å²) in [5, 5.41) is 0. The Kier molecular flexibility index (Phi) is 7.23. The number of hydrogen-bond donors (Lipinski definition) is 0. The van der Waals surface area contributed by atoms with Gasteiger partial charge in [0.25, 0.3) is 11.5 Å². The minimum Gasteiger partial charge on any atom is -0.356 e. The summed E-state index contributed by atoms with van der Waals surface area (Å²) < 4.78 is 46.6. The van der Waals surface area contributed by atoms with Crippen LogP contribution in [0.3, 0.4) is 0 Å². The second-order valence-electron chi connectivity index (χ2n) is 6.37. The first-order chi connectivity index (χ1) is 11.6. The Morgan fingerprint density at radius 2 is 1.80 bits per heavy atom. The van der Waals surface area contributed by atoms with Crippen molar-refractivity contribution in [3.63, 3.8) is 0 Å². The number of hydrogen-bond acceptors (Lipinski definition) is 2. The number of rotatable bonds is 7. The van der Waals surface area contributed by atoms with Crippen LogP contribution in [0.2, 0.25) is 0 Å². The molecule has 140 valence electrons. The van der Waals surface area contributed by atoms with E-state index in [-0.39, 0.29) is 11.6 Å². The molecular formula is C19H26F3NO2. The molecule has 6 heteroatoms. The van der Waals surface area contributed by atoms with E-state index in [2.05, 4.69) is 0 Å². The number of alkyl halides is 3. The predicted octanol–water partition coefficient (Wildman–Crippen LogP) is 4.68. The van der Waals surface area contributed by atoms with E-state index in [9.17, 15) is 18.0 Å². The Morgan fingerprint density at radius 1 is 1.24 bits per heavy atom. The second kappa shape index (κ2) is 8.52. The van der Waals surface area contributed by atoms with Crippen molar-refractivity contribution in [2.24, 2.45) is 0 Å². The number of allylic oxidation sites excluding steroid dienone is 2. The van der Waals surface area contributed by atoms with E-state index in [1.807, 2.05) is 19.9 Å². The molecule has 0 radical (unpaired) electrons. The number of halogens is 3. The number of nitrogens with zero attached hydrogens (tertiary/aromatic N) is 1. The van der Waals surface area contributed by atoms with Gasteiger partial charge in [0, 0.05) is 25.8 Å².